The third-order valence-electron chi connectivity index (χ3n) is 3.14. The van der Waals surface area contributed by atoms with Crippen molar-refractivity contribution in [2.45, 2.75) is 26.2 Å². The molecule has 0 atom stereocenters. The largest absolute Gasteiger partial charge is 0.477 e. The minimum absolute atomic E-state index is 0.0151. The number of aromatic carboxylic acids is 1. The van der Waals surface area contributed by atoms with Crippen molar-refractivity contribution in [2.24, 2.45) is 0 Å². The van der Waals surface area contributed by atoms with Crippen LogP contribution in [0.3, 0.4) is 0 Å². The summed E-state index contributed by atoms with van der Waals surface area (Å²) in [5.41, 5.74) is 2.38. The topological polar surface area (TPSA) is 78.9 Å². The number of para-hydroxylation sites is 1. The summed E-state index contributed by atoms with van der Waals surface area (Å²) < 4.78 is 1.08. The summed E-state index contributed by atoms with van der Waals surface area (Å²) in [6.07, 6.45) is 0. The van der Waals surface area contributed by atoms with Gasteiger partial charge in [-0.2, -0.15) is 5.10 Å². The van der Waals surface area contributed by atoms with E-state index in [-0.39, 0.29) is 11.1 Å². The molecule has 1 aromatic carbocycles. The number of nitrogens with zero attached hydrogens (tertiary/aromatic N) is 2. The van der Waals surface area contributed by atoms with Crippen LogP contribution >= 0.6 is 11.3 Å². The smallest absolute Gasteiger partial charge is 0.353 e. The molecule has 5 nitrogen and oxygen atoms in total. The van der Waals surface area contributed by atoms with Crippen LogP contribution in [0.15, 0.2) is 24.3 Å². The lowest BCUT2D eigenvalue weighted by Gasteiger charge is -2.13. The van der Waals surface area contributed by atoms with Crippen molar-refractivity contribution in [3.8, 4) is 11.3 Å². The molecule has 0 unspecified atom stereocenters. The number of aromatic amines is 1. The number of aromatic nitrogens is 3. The van der Waals surface area contributed by atoms with Gasteiger partial charge in [0.1, 0.15) is 5.69 Å². The molecule has 2 N–H and O–H groups in total. The van der Waals surface area contributed by atoms with Crippen LogP contribution in [0.4, 0.5) is 0 Å². The first kappa shape index (κ1) is 13.8. The van der Waals surface area contributed by atoms with Crippen molar-refractivity contribution in [1.82, 2.24) is 15.2 Å². The molecule has 0 amide bonds. The van der Waals surface area contributed by atoms with E-state index >= 15 is 0 Å². The highest BCUT2D eigenvalue weighted by Gasteiger charge is 2.21. The molecular weight excluding hydrogens is 286 g/mol. The SMILES string of the molecule is CC(C)(C)c1nc2c(-c3cc(C(=O)O)[nH]n3)cccc2s1. The molecule has 0 spiro atoms. The van der Waals surface area contributed by atoms with E-state index in [2.05, 4.69) is 31.0 Å². The summed E-state index contributed by atoms with van der Waals surface area (Å²) in [7, 11) is 0. The van der Waals surface area contributed by atoms with Crippen LogP contribution in [0.1, 0.15) is 36.3 Å². The monoisotopic (exact) mass is 301 g/mol. The van der Waals surface area contributed by atoms with Crippen molar-refractivity contribution in [3.05, 3.63) is 35.0 Å². The molecule has 3 aromatic rings. The molecule has 0 saturated heterocycles. The summed E-state index contributed by atoms with van der Waals surface area (Å²) in [6, 6.07) is 7.41. The highest BCUT2D eigenvalue weighted by molar-refractivity contribution is 7.18. The second kappa shape index (κ2) is 4.66. The first-order chi connectivity index (χ1) is 9.86. The second-order valence-electron chi connectivity index (χ2n) is 5.89. The third kappa shape index (κ3) is 2.42. The van der Waals surface area contributed by atoms with Gasteiger partial charge in [-0.05, 0) is 12.1 Å². The van der Waals surface area contributed by atoms with Gasteiger partial charge in [0.05, 0.1) is 20.9 Å². The first-order valence-electron chi connectivity index (χ1n) is 6.55. The van der Waals surface area contributed by atoms with E-state index in [1.54, 1.807) is 11.3 Å². The number of H-pyrrole nitrogens is 1. The van der Waals surface area contributed by atoms with Gasteiger partial charge in [-0.25, -0.2) is 9.78 Å². The minimum atomic E-state index is -1.02. The van der Waals surface area contributed by atoms with E-state index in [4.69, 9.17) is 10.1 Å². The Morgan fingerprint density at radius 1 is 1.33 bits per heavy atom. The number of hydrogen-bond acceptors (Lipinski definition) is 4. The number of rotatable bonds is 2. The van der Waals surface area contributed by atoms with Crippen LogP contribution in [-0.4, -0.2) is 26.3 Å². The van der Waals surface area contributed by atoms with E-state index in [0.717, 1.165) is 20.8 Å². The Balaban J connectivity index is 2.18. The highest BCUT2D eigenvalue weighted by atomic mass is 32.1. The molecule has 2 heterocycles. The van der Waals surface area contributed by atoms with Gasteiger partial charge in [0.2, 0.25) is 0 Å². The minimum Gasteiger partial charge on any atom is -0.477 e. The van der Waals surface area contributed by atoms with Crippen molar-refractivity contribution in [1.29, 1.82) is 0 Å². The van der Waals surface area contributed by atoms with Gasteiger partial charge in [-0.1, -0.05) is 32.9 Å². The number of fused-ring (bicyclic) bond motifs is 1. The number of nitrogens with one attached hydrogen (secondary N) is 1. The Morgan fingerprint density at radius 2 is 2.10 bits per heavy atom. The van der Waals surface area contributed by atoms with Gasteiger partial charge in [0, 0.05) is 11.0 Å². The molecule has 108 valence electrons. The summed E-state index contributed by atoms with van der Waals surface area (Å²) in [5, 5.41) is 16.7. The van der Waals surface area contributed by atoms with Gasteiger partial charge < -0.3 is 5.11 Å². The lowest BCUT2D eigenvalue weighted by molar-refractivity contribution is 0.0690. The fourth-order valence-electron chi connectivity index (χ4n) is 2.05. The standard InChI is InChI=1S/C15H15N3O2S/c1-15(2,3)14-16-12-8(5-4-6-11(12)21-14)9-7-10(13(19)20)18-17-9/h4-7H,1-3H3,(H,17,18)(H,19,20). The Kier molecular flexibility index (Phi) is 3.06. The van der Waals surface area contributed by atoms with Crippen LogP contribution in [0, 0.1) is 0 Å². The molecule has 21 heavy (non-hydrogen) atoms. The first-order valence-corrected chi connectivity index (χ1v) is 7.37. The Labute approximate surface area is 125 Å². The molecule has 0 saturated carbocycles. The number of thiazole rings is 1. The fourth-order valence-corrected chi connectivity index (χ4v) is 3.10. The fraction of sp³-hybridized carbons (Fsp3) is 0.267. The van der Waals surface area contributed by atoms with Gasteiger partial charge in [0.25, 0.3) is 0 Å². The summed E-state index contributed by atoms with van der Waals surface area (Å²) in [5.74, 6) is -1.02. The zero-order valence-corrected chi connectivity index (χ0v) is 12.8. The quantitative estimate of drug-likeness (QED) is 0.756. The Bertz CT molecular complexity index is 827. The Morgan fingerprint density at radius 3 is 2.71 bits per heavy atom. The van der Waals surface area contributed by atoms with Crippen LogP contribution < -0.4 is 0 Å². The zero-order chi connectivity index (χ0) is 15.2. The number of benzene rings is 1. The molecule has 0 aliphatic rings. The maximum Gasteiger partial charge on any atom is 0.353 e. The van der Waals surface area contributed by atoms with Crippen LogP contribution in [-0.2, 0) is 5.41 Å². The zero-order valence-electron chi connectivity index (χ0n) is 12.0. The van der Waals surface area contributed by atoms with E-state index in [1.807, 2.05) is 18.2 Å². The molecule has 6 heteroatoms. The average Bonchev–Trinajstić information content (AvgIpc) is 3.04. The van der Waals surface area contributed by atoms with Gasteiger partial charge >= 0.3 is 5.97 Å². The third-order valence-corrected chi connectivity index (χ3v) is 4.59. The predicted molar refractivity (Wildman–Crippen MR) is 82.9 cm³/mol. The van der Waals surface area contributed by atoms with E-state index in [1.165, 1.54) is 6.07 Å². The second-order valence-corrected chi connectivity index (χ2v) is 6.92. The van der Waals surface area contributed by atoms with Gasteiger partial charge in [-0.15, -0.1) is 11.3 Å². The van der Waals surface area contributed by atoms with Crippen molar-refractivity contribution in [3.63, 3.8) is 0 Å². The molecule has 0 aliphatic carbocycles. The molecule has 0 fully saturated rings. The number of carbonyl (C=O) groups is 1. The van der Waals surface area contributed by atoms with Crippen molar-refractivity contribution < 1.29 is 9.90 Å². The number of carboxylic acids is 1. The molecule has 0 aliphatic heterocycles. The van der Waals surface area contributed by atoms with Crippen molar-refractivity contribution >= 4 is 27.5 Å². The maximum atomic E-state index is 11.0. The lowest BCUT2D eigenvalue weighted by Crippen LogP contribution is -2.09. The summed E-state index contributed by atoms with van der Waals surface area (Å²) in [6.45, 7) is 6.38. The summed E-state index contributed by atoms with van der Waals surface area (Å²) in [4.78, 5) is 15.7. The number of carboxylic acid groups (broad SMARTS) is 1. The van der Waals surface area contributed by atoms with E-state index < -0.39 is 5.97 Å². The number of hydrogen-bond donors (Lipinski definition) is 2. The molecule has 3 rings (SSSR count). The lowest BCUT2D eigenvalue weighted by atomic mass is 9.98. The van der Waals surface area contributed by atoms with Gasteiger partial charge in [0.15, 0.2) is 0 Å². The predicted octanol–water partition coefficient (Wildman–Crippen LogP) is 3.68. The molecule has 0 bridgehead atoms. The molecule has 2 aromatic heterocycles. The van der Waals surface area contributed by atoms with Crippen molar-refractivity contribution in [2.75, 3.05) is 0 Å². The highest BCUT2D eigenvalue weighted by Crippen LogP contribution is 2.35. The normalized spacial score (nSPS) is 12.0. The molecular formula is C15H15N3O2S. The average molecular weight is 301 g/mol. The van der Waals surface area contributed by atoms with Crippen LogP contribution in [0.25, 0.3) is 21.5 Å². The van der Waals surface area contributed by atoms with E-state index in [0.29, 0.717) is 5.69 Å². The molecule has 0 radical (unpaired) electrons. The Hall–Kier alpha value is -2.21. The van der Waals surface area contributed by atoms with Gasteiger partial charge in [-0.3, -0.25) is 5.10 Å². The maximum absolute atomic E-state index is 11.0. The van der Waals surface area contributed by atoms with Crippen LogP contribution in [0.2, 0.25) is 0 Å². The van der Waals surface area contributed by atoms with Crippen LogP contribution in [0.5, 0.6) is 0 Å². The van der Waals surface area contributed by atoms with E-state index in [9.17, 15) is 4.79 Å². The summed E-state index contributed by atoms with van der Waals surface area (Å²) >= 11 is 1.66.